The van der Waals surface area contributed by atoms with Crippen LogP contribution in [0.3, 0.4) is 0 Å². The van der Waals surface area contributed by atoms with Gasteiger partial charge in [0.2, 0.25) is 0 Å². The summed E-state index contributed by atoms with van der Waals surface area (Å²) in [6.45, 7) is 0. The first-order valence-corrected chi connectivity index (χ1v) is 18.6. The van der Waals surface area contributed by atoms with Gasteiger partial charge in [0.15, 0.2) is 5.82 Å². The first kappa shape index (κ1) is 30.0. The third kappa shape index (κ3) is 4.35. The van der Waals surface area contributed by atoms with Gasteiger partial charge in [0, 0.05) is 54.8 Å². The number of rotatable bonds is 4. The Kier molecular flexibility index (Phi) is 6.27. The molecule has 0 radical (unpaired) electrons. The van der Waals surface area contributed by atoms with Gasteiger partial charge in [0.25, 0.3) is 0 Å². The minimum absolute atomic E-state index is 0.697. The normalized spacial score (nSPS) is 12.0. The zero-order chi connectivity index (χ0) is 36.0. The second-order valence-corrected chi connectivity index (χ2v) is 14.1. The number of aromatic nitrogens is 4. The highest BCUT2D eigenvalue weighted by molar-refractivity contribution is 6.30. The fourth-order valence-electron chi connectivity index (χ4n) is 8.75. The van der Waals surface area contributed by atoms with Crippen molar-refractivity contribution in [3.8, 4) is 34.0 Å². The molecule has 5 heteroatoms. The van der Waals surface area contributed by atoms with Gasteiger partial charge in [0.1, 0.15) is 11.2 Å². The lowest BCUT2D eigenvalue weighted by Crippen LogP contribution is -1.97. The molecule has 4 aromatic heterocycles. The van der Waals surface area contributed by atoms with Gasteiger partial charge in [-0.25, -0.2) is 9.97 Å². The van der Waals surface area contributed by atoms with Gasteiger partial charge in [-0.3, -0.25) is 0 Å². The summed E-state index contributed by atoms with van der Waals surface area (Å²) in [5, 5.41) is 8.04. The Balaban J connectivity index is 1.17. The third-order valence-corrected chi connectivity index (χ3v) is 11.1. The molecule has 0 spiro atoms. The molecule has 256 valence electrons. The zero-order valence-corrected chi connectivity index (χ0v) is 29.5. The average molecular weight is 703 g/mol. The maximum Gasteiger partial charge on any atom is 0.160 e. The van der Waals surface area contributed by atoms with Crippen LogP contribution in [0.5, 0.6) is 0 Å². The van der Waals surface area contributed by atoms with Crippen LogP contribution in [0.1, 0.15) is 0 Å². The number of hydrogen-bond acceptors (Lipinski definition) is 3. The molecule has 0 unspecified atom stereocenters. The van der Waals surface area contributed by atoms with E-state index >= 15 is 0 Å². The summed E-state index contributed by atoms with van der Waals surface area (Å²) in [5.74, 6) is 0.697. The van der Waals surface area contributed by atoms with E-state index in [0.717, 1.165) is 77.6 Å². The Labute approximate surface area is 315 Å². The van der Waals surface area contributed by atoms with E-state index in [4.69, 9.17) is 14.4 Å². The Morgan fingerprint density at radius 1 is 0.364 bits per heavy atom. The SMILES string of the molecule is c1ccc(-c2nc(-c3ccc(-n4c5c(ccc6oc7ccccc7c65)c5ccc6c(c7ccccc7n6-c6ccccc6)c54)cc3)nc3ccccc23)cc1. The van der Waals surface area contributed by atoms with Crippen LogP contribution in [0, 0.1) is 0 Å². The molecule has 0 atom stereocenters. The highest BCUT2D eigenvalue weighted by Gasteiger charge is 2.24. The summed E-state index contributed by atoms with van der Waals surface area (Å²) in [5.41, 5.74) is 12.4. The lowest BCUT2D eigenvalue weighted by Gasteiger charge is -2.12. The van der Waals surface area contributed by atoms with Crippen molar-refractivity contribution in [2.75, 3.05) is 0 Å². The molecule has 0 bridgehead atoms. The van der Waals surface area contributed by atoms with Gasteiger partial charge in [-0.2, -0.15) is 0 Å². The maximum atomic E-state index is 6.49. The molecule has 0 saturated heterocycles. The van der Waals surface area contributed by atoms with E-state index in [2.05, 4.69) is 167 Å². The summed E-state index contributed by atoms with van der Waals surface area (Å²) in [6, 6.07) is 64.1. The molecule has 55 heavy (non-hydrogen) atoms. The number of benzene rings is 8. The van der Waals surface area contributed by atoms with Crippen LogP contribution in [0.25, 0.3) is 110 Å². The minimum atomic E-state index is 0.697. The number of para-hydroxylation sites is 4. The molecule has 4 heterocycles. The average Bonchev–Trinajstić information content (AvgIpc) is 3.91. The van der Waals surface area contributed by atoms with Crippen molar-refractivity contribution in [2.45, 2.75) is 0 Å². The lowest BCUT2D eigenvalue weighted by molar-refractivity contribution is 0.669. The second-order valence-electron chi connectivity index (χ2n) is 14.1. The Morgan fingerprint density at radius 3 is 1.82 bits per heavy atom. The van der Waals surface area contributed by atoms with E-state index in [0.29, 0.717) is 5.82 Å². The lowest BCUT2D eigenvalue weighted by atomic mass is 10.1. The van der Waals surface area contributed by atoms with Crippen LogP contribution in [-0.2, 0) is 0 Å². The van der Waals surface area contributed by atoms with Gasteiger partial charge in [-0.1, -0.05) is 109 Å². The minimum Gasteiger partial charge on any atom is -0.456 e. The third-order valence-electron chi connectivity index (χ3n) is 11.1. The molecule has 12 aromatic rings. The largest absolute Gasteiger partial charge is 0.456 e. The molecule has 0 aliphatic heterocycles. The number of furan rings is 1. The monoisotopic (exact) mass is 702 g/mol. The molecule has 8 aromatic carbocycles. The van der Waals surface area contributed by atoms with E-state index in [9.17, 15) is 0 Å². The van der Waals surface area contributed by atoms with Crippen molar-refractivity contribution >= 4 is 76.5 Å². The zero-order valence-electron chi connectivity index (χ0n) is 29.5. The van der Waals surface area contributed by atoms with E-state index in [-0.39, 0.29) is 0 Å². The molecule has 5 nitrogen and oxygen atoms in total. The smallest absolute Gasteiger partial charge is 0.160 e. The molecule has 0 aliphatic carbocycles. The van der Waals surface area contributed by atoms with Crippen molar-refractivity contribution in [1.82, 2.24) is 19.1 Å². The van der Waals surface area contributed by atoms with Gasteiger partial charge in [-0.05, 0) is 72.8 Å². The fourth-order valence-corrected chi connectivity index (χ4v) is 8.75. The van der Waals surface area contributed by atoms with Gasteiger partial charge in [0.05, 0.1) is 38.7 Å². The quantitative estimate of drug-likeness (QED) is 0.183. The molecule has 0 saturated carbocycles. The van der Waals surface area contributed by atoms with E-state index in [1.807, 2.05) is 24.3 Å². The van der Waals surface area contributed by atoms with Crippen LogP contribution >= 0.6 is 0 Å². The van der Waals surface area contributed by atoms with Crippen LogP contribution in [-0.4, -0.2) is 19.1 Å². The molecule has 0 amide bonds. The summed E-state index contributed by atoms with van der Waals surface area (Å²) >= 11 is 0. The van der Waals surface area contributed by atoms with Gasteiger partial charge in [-0.15, -0.1) is 0 Å². The van der Waals surface area contributed by atoms with E-state index < -0.39 is 0 Å². The van der Waals surface area contributed by atoms with Gasteiger partial charge >= 0.3 is 0 Å². The van der Waals surface area contributed by atoms with Crippen LogP contribution < -0.4 is 0 Å². The van der Waals surface area contributed by atoms with Crippen LogP contribution in [0.4, 0.5) is 0 Å². The summed E-state index contributed by atoms with van der Waals surface area (Å²) < 4.78 is 11.3. The van der Waals surface area contributed by atoms with Crippen molar-refractivity contribution in [1.29, 1.82) is 0 Å². The maximum absolute atomic E-state index is 6.49. The summed E-state index contributed by atoms with van der Waals surface area (Å²) in [6.07, 6.45) is 0. The Hall–Kier alpha value is -7.50. The Bertz CT molecular complexity index is 3470. The number of fused-ring (bicyclic) bond motifs is 12. The summed E-state index contributed by atoms with van der Waals surface area (Å²) in [7, 11) is 0. The molecule has 12 rings (SSSR count). The standard InChI is InChI=1S/C50H30N4O/c1-3-13-31(14-4-1)47-37-17-7-10-20-40(37)51-50(52-47)32-23-25-34(26-24-32)54-48-35(36-28-30-44-46(49(36)54)39-19-9-12-22-43(39)55-44)27-29-42-45(48)38-18-8-11-21-41(38)53(42)33-15-5-2-6-16-33/h1-30H. The molecule has 0 N–H and O–H groups in total. The molecular formula is C50H30N4O. The van der Waals surface area contributed by atoms with Crippen molar-refractivity contribution in [2.24, 2.45) is 0 Å². The van der Waals surface area contributed by atoms with Crippen LogP contribution in [0.2, 0.25) is 0 Å². The molecule has 0 fully saturated rings. The fraction of sp³-hybridized carbons (Fsp3) is 0. The highest BCUT2D eigenvalue weighted by Crippen LogP contribution is 2.45. The van der Waals surface area contributed by atoms with Crippen molar-refractivity contribution in [3.63, 3.8) is 0 Å². The highest BCUT2D eigenvalue weighted by atomic mass is 16.3. The first-order chi connectivity index (χ1) is 27.3. The number of nitrogens with zero attached hydrogens (tertiary/aromatic N) is 4. The van der Waals surface area contributed by atoms with E-state index in [1.165, 1.54) is 27.1 Å². The predicted molar refractivity (Wildman–Crippen MR) is 226 cm³/mol. The second kappa shape index (κ2) is 11.5. The summed E-state index contributed by atoms with van der Waals surface area (Å²) in [4.78, 5) is 10.2. The van der Waals surface area contributed by atoms with Crippen molar-refractivity contribution < 1.29 is 4.42 Å². The topological polar surface area (TPSA) is 48.8 Å². The van der Waals surface area contributed by atoms with E-state index in [1.54, 1.807) is 0 Å². The first-order valence-electron chi connectivity index (χ1n) is 18.6. The molecule has 0 aliphatic rings. The Morgan fingerprint density at radius 2 is 1.00 bits per heavy atom. The van der Waals surface area contributed by atoms with Crippen molar-refractivity contribution in [3.05, 3.63) is 182 Å². The molecular weight excluding hydrogens is 673 g/mol. The van der Waals surface area contributed by atoms with Crippen LogP contribution in [0.15, 0.2) is 186 Å². The number of hydrogen-bond donors (Lipinski definition) is 0. The van der Waals surface area contributed by atoms with Gasteiger partial charge < -0.3 is 13.6 Å². The predicted octanol–water partition coefficient (Wildman–Crippen LogP) is 13.1.